The second kappa shape index (κ2) is 8.60. The van der Waals surface area contributed by atoms with E-state index in [4.69, 9.17) is 9.47 Å². The topological polar surface area (TPSA) is 103 Å². The number of carbonyl (C=O) groups excluding carboxylic acids is 1. The predicted octanol–water partition coefficient (Wildman–Crippen LogP) is 2.71. The number of nitrogens with one attached hydrogen (secondary N) is 1. The lowest BCUT2D eigenvalue weighted by Gasteiger charge is -2.09. The van der Waals surface area contributed by atoms with Crippen LogP contribution < -0.4 is 15.7 Å². The molecule has 3 aromatic rings. The van der Waals surface area contributed by atoms with Gasteiger partial charge in [-0.1, -0.05) is 13.8 Å². The van der Waals surface area contributed by atoms with Crippen LogP contribution in [0, 0.1) is 12.8 Å². The minimum Gasteiger partial charge on any atom is -0.488 e. The second-order valence-corrected chi connectivity index (χ2v) is 8.03. The molecule has 0 spiro atoms. The molecule has 0 atom stereocenters. The average molecular weight is 417 g/mol. The highest BCUT2D eigenvalue weighted by Crippen LogP contribution is 2.27. The summed E-state index contributed by atoms with van der Waals surface area (Å²) in [5.74, 6) is 0.0928. The van der Waals surface area contributed by atoms with Crippen LogP contribution in [0.2, 0.25) is 0 Å². The number of hydrogen-bond acceptors (Lipinski definition) is 7. The average Bonchev–Trinajstić information content (AvgIpc) is 3.01. The molecule has 3 aromatic heterocycles. The summed E-state index contributed by atoms with van der Waals surface area (Å²) in [6.45, 7) is 8.28. The van der Waals surface area contributed by atoms with Crippen molar-refractivity contribution in [3.8, 4) is 5.75 Å². The Morgan fingerprint density at radius 1 is 1.34 bits per heavy atom. The molecule has 0 radical (unpaired) electrons. The van der Waals surface area contributed by atoms with E-state index in [1.807, 2.05) is 13.8 Å². The molecule has 0 saturated carbocycles. The Bertz CT molecular complexity index is 1160. The number of carbonyl (C=O) groups is 1. The number of aromatic amines is 1. The Balaban J connectivity index is 1.91. The maximum Gasteiger partial charge on any atom is 0.348 e. The molecule has 3 rings (SSSR count). The first-order valence-corrected chi connectivity index (χ1v) is 10.1. The van der Waals surface area contributed by atoms with Crippen molar-refractivity contribution < 1.29 is 14.3 Å². The maximum absolute atomic E-state index is 12.9. The molecule has 0 aliphatic carbocycles. The van der Waals surface area contributed by atoms with Crippen LogP contribution in [0.1, 0.15) is 41.7 Å². The molecule has 0 aromatic carbocycles. The molecule has 0 aliphatic rings. The van der Waals surface area contributed by atoms with Gasteiger partial charge in [0, 0.05) is 18.0 Å². The summed E-state index contributed by atoms with van der Waals surface area (Å²) < 4.78 is 11.9. The number of nitrogens with zero attached hydrogens (tertiary/aromatic N) is 2. The fourth-order valence-electron chi connectivity index (χ4n) is 2.81. The molecule has 0 aliphatic heterocycles. The number of aryl methyl sites for hydroxylation is 1. The number of esters is 1. The van der Waals surface area contributed by atoms with Gasteiger partial charge in [0.05, 0.1) is 31.5 Å². The van der Waals surface area contributed by atoms with Crippen molar-refractivity contribution in [2.24, 2.45) is 5.92 Å². The zero-order valence-electron chi connectivity index (χ0n) is 16.8. The van der Waals surface area contributed by atoms with Gasteiger partial charge < -0.3 is 14.5 Å². The van der Waals surface area contributed by atoms with Gasteiger partial charge >= 0.3 is 5.97 Å². The molecule has 0 saturated heterocycles. The van der Waals surface area contributed by atoms with Crippen molar-refractivity contribution in [3.63, 3.8) is 0 Å². The van der Waals surface area contributed by atoms with Crippen LogP contribution in [-0.4, -0.2) is 33.7 Å². The van der Waals surface area contributed by atoms with Gasteiger partial charge in [0.25, 0.3) is 5.56 Å². The smallest absolute Gasteiger partial charge is 0.348 e. The first kappa shape index (κ1) is 20.8. The lowest BCUT2D eigenvalue weighted by molar-refractivity contribution is 0.0531. The highest BCUT2D eigenvalue weighted by molar-refractivity contribution is 7.20. The second-order valence-electron chi connectivity index (χ2n) is 7.03. The van der Waals surface area contributed by atoms with Gasteiger partial charge in [-0.05, 0) is 25.3 Å². The third kappa shape index (κ3) is 4.40. The first-order chi connectivity index (χ1) is 13.8. The Morgan fingerprint density at radius 3 is 2.76 bits per heavy atom. The van der Waals surface area contributed by atoms with Crippen LogP contribution in [0.3, 0.4) is 0 Å². The van der Waals surface area contributed by atoms with Crippen LogP contribution in [0.4, 0.5) is 0 Å². The van der Waals surface area contributed by atoms with Gasteiger partial charge in [-0.25, -0.2) is 9.78 Å². The molecule has 3 heterocycles. The van der Waals surface area contributed by atoms with E-state index in [1.165, 1.54) is 23.2 Å². The van der Waals surface area contributed by atoms with Crippen LogP contribution in [-0.2, 0) is 11.3 Å². The maximum atomic E-state index is 12.9. The number of aromatic nitrogens is 3. The Morgan fingerprint density at radius 2 is 2.10 bits per heavy atom. The number of hydrogen-bond donors (Lipinski definition) is 1. The summed E-state index contributed by atoms with van der Waals surface area (Å²) in [6.07, 6.45) is 2.92. The first-order valence-electron chi connectivity index (χ1n) is 9.31. The number of thiophene rings is 1. The van der Waals surface area contributed by atoms with Gasteiger partial charge in [0.1, 0.15) is 9.71 Å². The monoisotopic (exact) mass is 417 g/mol. The van der Waals surface area contributed by atoms with Crippen LogP contribution >= 0.6 is 11.3 Å². The quantitative estimate of drug-likeness (QED) is 0.593. The van der Waals surface area contributed by atoms with Crippen molar-refractivity contribution in [3.05, 3.63) is 55.3 Å². The van der Waals surface area contributed by atoms with Crippen molar-refractivity contribution in [1.82, 2.24) is 14.5 Å². The summed E-state index contributed by atoms with van der Waals surface area (Å²) in [6, 6.07) is 1.41. The fraction of sp³-hybridized carbons (Fsp3) is 0.400. The number of H-pyrrole nitrogens is 1. The summed E-state index contributed by atoms with van der Waals surface area (Å²) in [5.41, 5.74) is 0.577. The SMILES string of the molecule is CCOC(=O)c1sc2ncn(Cc3cc(=O)c(OCC(C)C)c[nH]3)c(=O)c2c1C. The van der Waals surface area contributed by atoms with Crippen molar-refractivity contribution in [2.45, 2.75) is 34.2 Å². The third-order valence-corrected chi connectivity index (χ3v) is 5.41. The molecule has 0 amide bonds. The standard InChI is InChI=1S/C20H23N3O5S/c1-5-27-20(26)17-12(4)16-18(29-17)22-10-23(19(16)25)8-13-6-14(24)15(7-21-13)28-9-11(2)3/h6-7,10-11H,5,8-9H2,1-4H3,(H,21,24). The lowest BCUT2D eigenvalue weighted by atomic mass is 10.2. The van der Waals surface area contributed by atoms with E-state index in [9.17, 15) is 14.4 Å². The van der Waals surface area contributed by atoms with Crippen molar-refractivity contribution >= 4 is 27.5 Å². The van der Waals surface area contributed by atoms with Gasteiger partial charge in [-0.15, -0.1) is 11.3 Å². The number of ether oxygens (including phenoxy) is 2. The van der Waals surface area contributed by atoms with E-state index >= 15 is 0 Å². The van der Waals surface area contributed by atoms with E-state index in [-0.39, 0.29) is 29.9 Å². The van der Waals surface area contributed by atoms with Gasteiger partial charge in [0.15, 0.2) is 5.75 Å². The van der Waals surface area contributed by atoms with E-state index in [0.717, 1.165) is 11.3 Å². The van der Waals surface area contributed by atoms with Crippen LogP contribution in [0.15, 0.2) is 28.2 Å². The molecular formula is C20H23N3O5S. The number of rotatable bonds is 7. The van der Waals surface area contributed by atoms with Gasteiger partial charge in [-0.2, -0.15) is 0 Å². The number of pyridine rings is 1. The van der Waals surface area contributed by atoms with Crippen molar-refractivity contribution in [1.29, 1.82) is 0 Å². The minimum atomic E-state index is -0.458. The Kier molecular flexibility index (Phi) is 6.17. The fourth-order valence-corrected chi connectivity index (χ4v) is 3.84. The summed E-state index contributed by atoms with van der Waals surface area (Å²) in [7, 11) is 0. The number of fused-ring (bicyclic) bond motifs is 1. The molecule has 154 valence electrons. The molecular weight excluding hydrogens is 394 g/mol. The van der Waals surface area contributed by atoms with E-state index in [0.29, 0.717) is 38.9 Å². The normalized spacial score (nSPS) is 11.2. The Hall–Kier alpha value is -2.94. The predicted molar refractivity (Wildman–Crippen MR) is 111 cm³/mol. The van der Waals surface area contributed by atoms with E-state index < -0.39 is 5.97 Å². The molecule has 9 heteroatoms. The molecule has 8 nitrogen and oxygen atoms in total. The molecule has 0 unspecified atom stereocenters. The third-order valence-electron chi connectivity index (χ3n) is 4.23. The largest absolute Gasteiger partial charge is 0.488 e. The molecule has 0 bridgehead atoms. The van der Waals surface area contributed by atoms with Gasteiger partial charge in [-0.3, -0.25) is 14.2 Å². The summed E-state index contributed by atoms with van der Waals surface area (Å²) in [5, 5.41) is 0.389. The lowest BCUT2D eigenvalue weighted by Crippen LogP contribution is -2.22. The molecule has 1 N–H and O–H groups in total. The Labute approximate surface area is 171 Å². The highest BCUT2D eigenvalue weighted by Gasteiger charge is 2.20. The van der Waals surface area contributed by atoms with Crippen LogP contribution in [0.25, 0.3) is 10.2 Å². The molecule has 29 heavy (non-hydrogen) atoms. The van der Waals surface area contributed by atoms with Gasteiger partial charge in [0.2, 0.25) is 5.43 Å². The summed E-state index contributed by atoms with van der Waals surface area (Å²) >= 11 is 1.14. The summed E-state index contributed by atoms with van der Waals surface area (Å²) in [4.78, 5) is 45.4. The zero-order chi connectivity index (χ0) is 21.1. The van der Waals surface area contributed by atoms with Crippen LogP contribution in [0.5, 0.6) is 5.75 Å². The van der Waals surface area contributed by atoms with E-state index in [1.54, 1.807) is 13.8 Å². The molecule has 0 fully saturated rings. The highest BCUT2D eigenvalue weighted by atomic mass is 32.1. The van der Waals surface area contributed by atoms with E-state index in [2.05, 4.69) is 9.97 Å². The van der Waals surface area contributed by atoms with Crippen molar-refractivity contribution in [2.75, 3.05) is 13.2 Å². The minimum absolute atomic E-state index is 0.144. The zero-order valence-corrected chi connectivity index (χ0v) is 17.6.